The molecule has 1 heterocycles. The van der Waals surface area contributed by atoms with Crippen LogP contribution in [-0.4, -0.2) is 29.3 Å². The number of halogens is 3. The van der Waals surface area contributed by atoms with Gasteiger partial charge in [-0.05, 0) is 37.1 Å². The molecule has 0 saturated carbocycles. The Morgan fingerprint density at radius 3 is 2.73 bits per heavy atom. The van der Waals surface area contributed by atoms with Gasteiger partial charge in [0, 0.05) is 23.7 Å². The largest absolute Gasteiger partial charge is 0.350 e. The average molecular weight is 395 g/mol. The van der Waals surface area contributed by atoms with E-state index in [1.165, 1.54) is 17.0 Å². The Hall–Kier alpha value is -2.11. The summed E-state index contributed by atoms with van der Waals surface area (Å²) in [6, 6.07) is 10.3. The lowest BCUT2D eigenvalue weighted by Gasteiger charge is -2.24. The van der Waals surface area contributed by atoms with Gasteiger partial charge in [-0.15, -0.1) is 0 Å². The lowest BCUT2D eigenvalue weighted by Crippen LogP contribution is -2.45. The molecule has 2 aromatic rings. The fourth-order valence-corrected chi connectivity index (χ4v) is 3.41. The highest BCUT2D eigenvalue weighted by atomic mass is 35.5. The summed E-state index contributed by atoms with van der Waals surface area (Å²) in [5.41, 5.74) is 0.669. The van der Waals surface area contributed by atoms with E-state index in [1.807, 2.05) is 0 Å². The van der Waals surface area contributed by atoms with Gasteiger partial charge in [0.2, 0.25) is 5.91 Å². The van der Waals surface area contributed by atoms with E-state index in [-0.39, 0.29) is 34.8 Å². The molecule has 2 aromatic carbocycles. The minimum atomic E-state index is -0.607. The number of carbonyl (C=O) groups excluding carboxylic acids is 2. The maximum absolute atomic E-state index is 13.7. The van der Waals surface area contributed by atoms with Crippen molar-refractivity contribution in [2.75, 3.05) is 6.54 Å². The molecule has 0 spiro atoms. The molecule has 1 fully saturated rings. The van der Waals surface area contributed by atoms with Crippen molar-refractivity contribution >= 4 is 35.0 Å². The Morgan fingerprint density at radius 1 is 1.19 bits per heavy atom. The maximum atomic E-state index is 13.7. The second-order valence-corrected chi connectivity index (χ2v) is 6.93. The molecule has 7 heteroatoms. The third kappa shape index (κ3) is 4.00. The molecular formula is C19H17Cl2FN2O2. The standard InChI is InChI=1S/C19H17Cl2FN2O2/c20-13-7-8-15(21)14(10-13)19(26)24-9-3-6-17(24)18(25)23-11-12-4-1-2-5-16(12)22/h1-2,4-5,7-8,10,17H,3,6,9,11H2,(H,23,25). The first-order valence-corrected chi connectivity index (χ1v) is 9.00. The van der Waals surface area contributed by atoms with Crippen LogP contribution in [0.3, 0.4) is 0 Å². The SMILES string of the molecule is O=C(NCc1ccccc1F)C1CCCN1C(=O)c1cc(Cl)ccc1Cl. The number of carbonyl (C=O) groups is 2. The molecule has 1 unspecified atom stereocenters. The summed E-state index contributed by atoms with van der Waals surface area (Å²) < 4.78 is 13.7. The van der Waals surface area contributed by atoms with Gasteiger partial charge in [0.15, 0.2) is 0 Å². The second-order valence-electron chi connectivity index (χ2n) is 6.09. The molecule has 1 atom stereocenters. The summed E-state index contributed by atoms with van der Waals surface area (Å²) in [7, 11) is 0. The van der Waals surface area contributed by atoms with Crippen LogP contribution in [0.1, 0.15) is 28.8 Å². The molecule has 136 valence electrons. The van der Waals surface area contributed by atoms with Crippen LogP contribution in [0, 0.1) is 5.82 Å². The number of nitrogens with one attached hydrogen (secondary N) is 1. The maximum Gasteiger partial charge on any atom is 0.256 e. The molecule has 0 aliphatic carbocycles. The molecule has 1 N–H and O–H groups in total. The first-order valence-electron chi connectivity index (χ1n) is 8.24. The minimum Gasteiger partial charge on any atom is -0.350 e. The number of likely N-dealkylation sites (tertiary alicyclic amines) is 1. The van der Waals surface area contributed by atoms with Crippen molar-refractivity contribution in [3.05, 3.63) is 69.5 Å². The van der Waals surface area contributed by atoms with Crippen LogP contribution >= 0.6 is 23.2 Å². The van der Waals surface area contributed by atoms with E-state index in [2.05, 4.69) is 5.32 Å². The van der Waals surface area contributed by atoms with E-state index in [0.29, 0.717) is 30.0 Å². The summed E-state index contributed by atoms with van der Waals surface area (Å²) >= 11 is 12.1. The third-order valence-electron chi connectivity index (χ3n) is 4.39. The van der Waals surface area contributed by atoms with Crippen molar-refractivity contribution in [3.63, 3.8) is 0 Å². The van der Waals surface area contributed by atoms with Crippen LogP contribution in [0.25, 0.3) is 0 Å². The fourth-order valence-electron chi connectivity index (χ4n) is 3.04. The Bertz CT molecular complexity index is 844. The lowest BCUT2D eigenvalue weighted by atomic mass is 10.1. The normalized spacial score (nSPS) is 16.6. The van der Waals surface area contributed by atoms with Crippen molar-refractivity contribution in [3.8, 4) is 0 Å². The predicted molar refractivity (Wildman–Crippen MR) is 98.8 cm³/mol. The quantitative estimate of drug-likeness (QED) is 0.849. The number of hydrogen-bond donors (Lipinski definition) is 1. The first kappa shape index (κ1) is 18.7. The summed E-state index contributed by atoms with van der Waals surface area (Å²) in [6.07, 6.45) is 1.26. The minimum absolute atomic E-state index is 0.0714. The van der Waals surface area contributed by atoms with Gasteiger partial charge in [-0.2, -0.15) is 0 Å². The van der Waals surface area contributed by atoms with Crippen LogP contribution in [0.15, 0.2) is 42.5 Å². The monoisotopic (exact) mass is 394 g/mol. The molecule has 0 radical (unpaired) electrons. The molecule has 4 nitrogen and oxygen atoms in total. The van der Waals surface area contributed by atoms with Gasteiger partial charge in [0.05, 0.1) is 10.6 Å². The molecule has 1 aliphatic rings. The third-order valence-corrected chi connectivity index (χ3v) is 4.95. The van der Waals surface area contributed by atoms with Gasteiger partial charge in [-0.25, -0.2) is 4.39 Å². The average Bonchev–Trinajstić information content (AvgIpc) is 3.12. The molecule has 3 rings (SSSR count). The Morgan fingerprint density at radius 2 is 1.96 bits per heavy atom. The van der Waals surface area contributed by atoms with Crippen molar-refractivity contribution < 1.29 is 14.0 Å². The number of benzene rings is 2. The molecule has 2 amide bonds. The number of hydrogen-bond acceptors (Lipinski definition) is 2. The molecule has 1 saturated heterocycles. The van der Waals surface area contributed by atoms with Crippen molar-refractivity contribution in [2.45, 2.75) is 25.4 Å². The van der Waals surface area contributed by atoms with E-state index >= 15 is 0 Å². The first-order chi connectivity index (χ1) is 12.5. The van der Waals surface area contributed by atoms with Crippen LogP contribution < -0.4 is 5.32 Å². The zero-order valence-electron chi connectivity index (χ0n) is 13.8. The van der Waals surface area contributed by atoms with Crippen molar-refractivity contribution in [1.82, 2.24) is 10.2 Å². The van der Waals surface area contributed by atoms with Gasteiger partial charge in [0.1, 0.15) is 11.9 Å². The summed E-state index contributed by atoms with van der Waals surface area (Å²) in [5, 5.41) is 3.40. The molecular weight excluding hydrogens is 378 g/mol. The topological polar surface area (TPSA) is 49.4 Å². The smallest absolute Gasteiger partial charge is 0.256 e. The van der Waals surface area contributed by atoms with E-state index in [0.717, 1.165) is 0 Å². The molecule has 0 aromatic heterocycles. The summed E-state index contributed by atoms with van der Waals surface area (Å²) in [6.45, 7) is 0.529. The number of rotatable bonds is 4. The van der Waals surface area contributed by atoms with Crippen molar-refractivity contribution in [2.24, 2.45) is 0 Å². The van der Waals surface area contributed by atoms with E-state index < -0.39 is 6.04 Å². The van der Waals surface area contributed by atoms with Gasteiger partial charge >= 0.3 is 0 Å². The Labute approximate surface area is 160 Å². The fraction of sp³-hybridized carbons (Fsp3) is 0.263. The number of nitrogens with zero attached hydrogens (tertiary/aromatic N) is 1. The molecule has 1 aliphatic heterocycles. The summed E-state index contributed by atoms with van der Waals surface area (Å²) in [5.74, 6) is -1.02. The van der Waals surface area contributed by atoms with Gasteiger partial charge in [-0.1, -0.05) is 41.4 Å². The number of amides is 2. The van der Waals surface area contributed by atoms with Crippen molar-refractivity contribution in [1.29, 1.82) is 0 Å². The zero-order chi connectivity index (χ0) is 18.7. The highest BCUT2D eigenvalue weighted by Crippen LogP contribution is 2.26. The molecule has 0 bridgehead atoms. The van der Waals surface area contributed by atoms with Gasteiger partial charge in [-0.3, -0.25) is 9.59 Å². The Balaban J connectivity index is 1.71. The molecule has 26 heavy (non-hydrogen) atoms. The summed E-state index contributed by atoms with van der Waals surface area (Å²) in [4.78, 5) is 26.8. The van der Waals surface area contributed by atoms with Gasteiger partial charge in [0.25, 0.3) is 5.91 Å². The predicted octanol–water partition coefficient (Wildman–Crippen LogP) is 4.05. The van der Waals surface area contributed by atoms with E-state index in [9.17, 15) is 14.0 Å². The Kier molecular flexibility index (Phi) is 5.79. The zero-order valence-corrected chi connectivity index (χ0v) is 15.4. The second kappa shape index (κ2) is 8.06. The van der Waals surface area contributed by atoms with E-state index in [4.69, 9.17) is 23.2 Å². The lowest BCUT2D eigenvalue weighted by molar-refractivity contribution is -0.125. The van der Waals surface area contributed by atoms with Crippen LogP contribution in [0.5, 0.6) is 0 Å². The van der Waals surface area contributed by atoms with Gasteiger partial charge < -0.3 is 10.2 Å². The highest BCUT2D eigenvalue weighted by Gasteiger charge is 2.35. The highest BCUT2D eigenvalue weighted by molar-refractivity contribution is 6.35. The van der Waals surface area contributed by atoms with Crippen LogP contribution in [-0.2, 0) is 11.3 Å². The van der Waals surface area contributed by atoms with E-state index in [1.54, 1.807) is 30.3 Å². The van der Waals surface area contributed by atoms with Crippen LogP contribution in [0.4, 0.5) is 4.39 Å². The van der Waals surface area contributed by atoms with Crippen LogP contribution in [0.2, 0.25) is 10.0 Å².